The quantitative estimate of drug-likeness (QED) is 0.751. The molecule has 1 atom stereocenters. The van der Waals surface area contributed by atoms with Crippen molar-refractivity contribution in [2.45, 2.75) is 59.0 Å². The average Bonchev–Trinajstić information content (AvgIpc) is 2.69. The second-order valence-electron chi connectivity index (χ2n) is 9.11. The summed E-state index contributed by atoms with van der Waals surface area (Å²) >= 11 is 0. The SMILES string of the molecule is CC(C)(C)C(O[SiH](c1ccccc1)c1ccccc1)C1(C(=O)O)CCCCC1. The van der Waals surface area contributed by atoms with Gasteiger partial charge in [-0.3, -0.25) is 4.79 Å². The lowest BCUT2D eigenvalue weighted by atomic mass is 9.63. The molecule has 3 nitrogen and oxygen atoms in total. The lowest BCUT2D eigenvalue weighted by Gasteiger charge is -2.47. The fourth-order valence-corrected chi connectivity index (χ4v) is 7.46. The van der Waals surface area contributed by atoms with Gasteiger partial charge in [-0.2, -0.15) is 0 Å². The minimum Gasteiger partial charge on any atom is -0.481 e. The zero-order valence-electron chi connectivity index (χ0n) is 17.2. The number of benzene rings is 2. The normalized spacial score (nSPS) is 18.0. The van der Waals surface area contributed by atoms with Crippen LogP contribution in [0.25, 0.3) is 0 Å². The molecule has 150 valence electrons. The Morgan fingerprint density at radius 1 is 0.929 bits per heavy atom. The van der Waals surface area contributed by atoms with Crippen molar-refractivity contribution in [1.29, 1.82) is 0 Å². The van der Waals surface area contributed by atoms with Gasteiger partial charge >= 0.3 is 5.97 Å². The van der Waals surface area contributed by atoms with Crippen LogP contribution in [0.3, 0.4) is 0 Å². The van der Waals surface area contributed by atoms with Crippen LogP contribution in [0.1, 0.15) is 52.9 Å². The fraction of sp³-hybridized carbons (Fsp3) is 0.458. The summed E-state index contributed by atoms with van der Waals surface area (Å²) in [7, 11) is -2.03. The molecule has 1 saturated carbocycles. The van der Waals surface area contributed by atoms with Crippen LogP contribution < -0.4 is 10.4 Å². The van der Waals surface area contributed by atoms with Crippen molar-refractivity contribution in [3.63, 3.8) is 0 Å². The van der Waals surface area contributed by atoms with Crippen molar-refractivity contribution in [3.05, 3.63) is 60.7 Å². The summed E-state index contributed by atoms with van der Waals surface area (Å²) < 4.78 is 6.95. The van der Waals surface area contributed by atoms with Crippen LogP contribution in [-0.4, -0.2) is 26.2 Å². The van der Waals surface area contributed by atoms with Crippen LogP contribution in [0.4, 0.5) is 0 Å². The molecule has 1 aliphatic carbocycles. The van der Waals surface area contributed by atoms with Crippen molar-refractivity contribution < 1.29 is 14.3 Å². The number of carbonyl (C=O) groups is 1. The number of aliphatic carboxylic acids is 1. The topological polar surface area (TPSA) is 46.5 Å². The first-order valence-corrected chi connectivity index (χ1v) is 12.0. The van der Waals surface area contributed by atoms with Gasteiger partial charge in [-0.05, 0) is 28.6 Å². The van der Waals surface area contributed by atoms with Gasteiger partial charge in [0, 0.05) is 0 Å². The second kappa shape index (κ2) is 8.62. The Hall–Kier alpha value is -1.91. The van der Waals surface area contributed by atoms with E-state index in [2.05, 4.69) is 45.0 Å². The largest absolute Gasteiger partial charge is 0.481 e. The molecule has 0 amide bonds. The summed E-state index contributed by atoms with van der Waals surface area (Å²) in [4.78, 5) is 12.6. The molecule has 4 heteroatoms. The van der Waals surface area contributed by atoms with E-state index in [9.17, 15) is 9.90 Å². The predicted octanol–water partition coefficient (Wildman–Crippen LogP) is 3.99. The zero-order valence-corrected chi connectivity index (χ0v) is 18.4. The number of rotatable bonds is 6. The maximum Gasteiger partial charge on any atom is 0.312 e. The molecule has 0 spiro atoms. The highest BCUT2D eigenvalue weighted by atomic mass is 28.3. The van der Waals surface area contributed by atoms with Crippen LogP contribution in [0.5, 0.6) is 0 Å². The summed E-state index contributed by atoms with van der Waals surface area (Å²) in [5.41, 5.74) is -1.06. The zero-order chi connectivity index (χ0) is 20.2. The standard InChI is InChI=1S/C24H32O3Si/c1-23(2,3)21(24(22(25)26)17-11-6-12-18-24)27-28(19-13-7-4-8-14-19)20-15-9-5-10-16-20/h4-5,7-10,13-16,21,28H,6,11-12,17-18H2,1-3H3,(H,25,26). The highest BCUT2D eigenvalue weighted by molar-refractivity contribution is 6.80. The molecular weight excluding hydrogens is 364 g/mol. The van der Waals surface area contributed by atoms with Crippen LogP contribution in [-0.2, 0) is 9.22 Å². The van der Waals surface area contributed by atoms with E-state index in [-0.39, 0.29) is 11.5 Å². The van der Waals surface area contributed by atoms with Gasteiger partial charge in [-0.15, -0.1) is 0 Å². The van der Waals surface area contributed by atoms with Crippen molar-refractivity contribution in [2.75, 3.05) is 0 Å². The van der Waals surface area contributed by atoms with Gasteiger partial charge < -0.3 is 9.53 Å². The molecule has 0 bridgehead atoms. The molecular formula is C24H32O3Si. The third-order valence-corrected chi connectivity index (χ3v) is 8.46. The first-order chi connectivity index (χ1) is 13.3. The van der Waals surface area contributed by atoms with Gasteiger partial charge in [0.25, 0.3) is 0 Å². The third-order valence-electron chi connectivity index (χ3n) is 5.94. The summed E-state index contributed by atoms with van der Waals surface area (Å²) in [5.74, 6) is -0.694. The monoisotopic (exact) mass is 396 g/mol. The van der Waals surface area contributed by atoms with Crippen LogP contribution in [0, 0.1) is 10.8 Å². The second-order valence-corrected chi connectivity index (χ2v) is 11.5. The maximum atomic E-state index is 12.6. The van der Waals surface area contributed by atoms with Crippen molar-refractivity contribution in [1.82, 2.24) is 0 Å². The number of hydrogen-bond donors (Lipinski definition) is 1. The number of hydrogen-bond acceptors (Lipinski definition) is 2. The van der Waals surface area contributed by atoms with E-state index in [1.807, 2.05) is 36.4 Å². The van der Waals surface area contributed by atoms with E-state index in [1.165, 1.54) is 10.4 Å². The van der Waals surface area contributed by atoms with Gasteiger partial charge in [-0.1, -0.05) is 101 Å². The lowest BCUT2D eigenvalue weighted by Crippen LogP contribution is -2.57. The van der Waals surface area contributed by atoms with Crippen molar-refractivity contribution in [3.8, 4) is 0 Å². The van der Waals surface area contributed by atoms with Gasteiger partial charge in [0.2, 0.25) is 9.04 Å². The summed E-state index contributed by atoms with van der Waals surface area (Å²) in [6.07, 6.45) is 4.12. The molecule has 0 heterocycles. The average molecular weight is 397 g/mol. The molecule has 1 aliphatic rings. The van der Waals surface area contributed by atoms with E-state index in [1.54, 1.807) is 0 Å². The van der Waals surface area contributed by atoms with E-state index in [0.29, 0.717) is 12.8 Å². The van der Waals surface area contributed by atoms with Crippen molar-refractivity contribution in [2.24, 2.45) is 10.8 Å². The highest BCUT2D eigenvalue weighted by Gasteiger charge is 2.52. The fourth-order valence-electron chi connectivity index (χ4n) is 4.68. The van der Waals surface area contributed by atoms with Crippen molar-refractivity contribution >= 4 is 25.4 Å². The number of carboxylic acids is 1. The van der Waals surface area contributed by atoms with Crippen LogP contribution in [0.2, 0.25) is 0 Å². The predicted molar refractivity (Wildman–Crippen MR) is 117 cm³/mol. The molecule has 1 fully saturated rings. The Morgan fingerprint density at radius 3 is 1.79 bits per heavy atom. The van der Waals surface area contributed by atoms with Gasteiger partial charge in [0.15, 0.2) is 0 Å². The Morgan fingerprint density at radius 2 is 1.39 bits per heavy atom. The summed E-state index contributed by atoms with van der Waals surface area (Å²) in [5, 5.41) is 12.7. The Kier molecular flexibility index (Phi) is 6.41. The summed E-state index contributed by atoms with van der Waals surface area (Å²) in [6, 6.07) is 20.7. The van der Waals surface area contributed by atoms with E-state index in [4.69, 9.17) is 4.43 Å². The minimum absolute atomic E-state index is 0.259. The van der Waals surface area contributed by atoms with Gasteiger partial charge in [0.1, 0.15) is 0 Å². The van der Waals surface area contributed by atoms with Crippen LogP contribution >= 0.6 is 0 Å². The smallest absolute Gasteiger partial charge is 0.312 e. The first-order valence-electron chi connectivity index (χ1n) is 10.3. The van der Waals surface area contributed by atoms with Crippen LogP contribution in [0.15, 0.2) is 60.7 Å². The minimum atomic E-state index is -2.03. The molecule has 0 saturated heterocycles. The highest BCUT2D eigenvalue weighted by Crippen LogP contribution is 2.47. The maximum absolute atomic E-state index is 12.6. The molecule has 28 heavy (non-hydrogen) atoms. The van der Waals surface area contributed by atoms with Gasteiger partial charge in [0.05, 0.1) is 11.5 Å². The third kappa shape index (κ3) is 4.39. The molecule has 0 radical (unpaired) electrons. The molecule has 1 unspecified atom stereocenters. The molecule has 2 aromatic rings. The lowest BCUT2D eigenvalue weighted by molar-refractivity contribution is -0.164. The number of carboxylic acid groups (broad SMARTS) is 1. The van der Waals surface area contributed by atoms with E-state index >= 15 is 0 Å². The Balaban J connectivity index is 2.05. The van der Waals surface area contributed by atoms with Gasteiger partial charge in [-0.25, -0.2) is 0 Å². The first kappa shape index (κ1) is 20.8. The Bertz CT molecular complexity index is 722. The Labute approximate surface area is 170 Å². The molecule has 2 aromatic carbocycles. The molecule has 0 aliphatic heterocycles. The van der Waals surface area contributed by atoms with E-state index in [0.717, 1.165) is 19.3 Å². The molecule has 3 rings (SSSR count). The van der Waals surface area contributed by atoms with E-state index < -0.39 is 20.4 Å². The molecule has 1 N–H and O–H groups in total. The molecule has 0 aromatic heterocycles. The summed E-state index contributed by atoms with van der Waals surface area (Å²) in [6.45, 7) is 6.37.